The Kier molecular flexibility index (Phi) is 4.61. The van der Waals surface area contributed by atoms with Crippen molar-refractivity contribution in [3.05, 3.63) is 84.0 Å². The highest BCUT2D eigenvalue weighted by molar-refractivity contribution is 5.95. The molecule has 1 fully saturated rings. The number of pyridine rings is 3. The van der Waals surface area contributed by atoms with E-state index < -0.39 is 0 Å². The molecule has 5 aromatic rings. The summed E-state index contributed by atoms with van der Waals surface area (Å²) in [6, 6.07) is 7.85. The van der Waals surface area contributed by atoms with Gasteiger partial charge in [0.25, 0.3) is 5.56 Å². The number of aromatic nitrogens is 6. The van der Waals surface area contributed by atoms with E-state index in [9.17, 15) is 4.79 Å². The molecule has 162 valence electrons. The molecule has 0 aromatic carbocycles. The van der Waals surface area contributed by atoms with Gasteiger partial charge in [0.05, 0.1) is 11.2 Å². The lowest BCUT2D eigenvalue weighted by Crippen LogP contribution is -2.20. The Morgan fingerprint density at radius 3 is 2.88 bits per heavy atom. The van der Waals surface area contributed by atoms with Crippen LogP contribution in [0, 0.1) is 0 Å². The molecule has 1 saturated carbocycles. The van der Waals surface area contributed by atoms with Crippen LogP contribution in [0.2, 0.25) is 0 Å². The third-order valence-corrected chi connectivity index (χ3v) is 6.17. The Labute approximate surface area is 189 Å². The summed E-state index contributed by atoms with van der Waals surface area (Å²) in [7, 11) is 0. The van der Waals surface area contributed by atoms with Crippen molar-refractivity contribution in [2.24, 2.45) is 0 Å². The summed E-state index contributed by atoms with van der Waals surface area (Å²) in [5, 5.41) is 1.78. The van der Waals surface area contributed by atoms with E-state index in [1.165, 1.54) is 0 Å². The van der Waals surface area contributed by atoms with Crippen molar-refractivity contribution in [3.8, 4) is 22.6 Å². The smallest absolute Gasteiger partial charge is 0.274 e. The first-order valence-electron chi connectivity index (χ1n) is 11.1. The van der Waals surface area contributed by atoms with Crippen molar-refractivity contribution < 1.29 is 0 Å². The first-order chi connectivity index (χ1) is 16.2. The maximum absolute atomic E-state index is 12.9. The zero-order valence-corrected chi connectivity index (χ0v) is 18.0. The minimum Gasteiger partial charge on any atom is -0.357 e. The van der Waals surface area contributed by atoms with E-state index in [1.807, 2.05) is 36.7 Å². The fraction of sp³-hybridized carbons (Fsp3) is 0.192. The molecular formula is C26H22N6O. The minimum absolute atomic E-state index is 0.0384. The lowest BCUT2D eigenvalue weighted by molar-refractivity contribution is 0.687. The van der Waals surface area contributed by atoms with Crippen molar-refractivity contribution in [2.75, 3.05) is 0 Å². The number of nitrogens with zero attached hydrogens (tertiary/aromatic N) is 5. The number of hydrogen-bond donors (Lipinski definition) is 1. The maximum atomic E-state index is 12.9. The maximum Gasteiger partial charge on any atom is 0.274 e. The van der Waals surface area contributed by atoms with Gasteiger partial charge in [0.15, 0.2) is 5.82 Å². The predicted octanol–water partition coefficient (Wildman–Crippen LogP) is 4.85. The average molecular weight is 435 g/mol. The highest BCUT2D eigenvalue weighted by Gasteiger charge is 2.27. The van der Waals surface area contributed by atoms with Crippen LogP contribution in [0.15, 0.2) is 72.7 Å². The Hall–Kier alpha value is -4.13. The van der Waals surface area contributed by atoms with Crippen LogP contribution >= 0.6 is 0 Å². The molecule has 0 saturated heterocycles. The fourth-order valence-electron chi connectivity index (χ4n) is 4.30. The van der Waals surface area contributed by atoms with Crippen molar-refractivity contribution in [1.29, 1.82) is 0 Å². The molecule has 0 aliphatic heterocycles. The number of hydrogen-bond acceptors (Lipinski definition) is 5. The summed E-state index contributed by atoms with van der Waals surface area (Å²) in [5.74, 6) is 1.10. The summed E-state index contributed by atoms with van der Waals surface area (Å²) in [6.07, 6.45) is 13.8. The Morgan fingerprint density at radius 1 is 1.12 bits per heavy atom. The van der Waals surface area contributed by atoms with Gasteiger partial charge in [-0.3, -0.25) is 14.8 Å². The SMILES string of the molecule is C=CCCn1cc(-c2cc(C3CC3)nc(-c3ccnc4ccncc34)n2)c2cc[nH]c2c1=O. The molecule has 1 aliphatic carbocycles. The largest absolute Gasteiger partial charge is 0.357 e. The van der Waals surface area contributed by atoms with Crippen LogP contribution in [0.1, 0.15) is 30.9 Å². The van der Waals surface area contributed by atoms with Gasteiger partial charge in [-0.2, -0.15) is 0 Å². The molecule has 5 heterocycles. The van der Waals surface area contributed by atoms with Crippen LogP contribution < -0.4 is 5.56 Å². The molecule has 0 bridgehead atoms. The molecule has 1 N–H and O–H groups in total. The van der Waals surface area contributed by atoms with Gasteiger partial charge in [-0.05, 0) is 43.5 Å². The van der Waals surface area contributed by atoms with Gasteiger partial charge < -0.3 is 9.55 Å². The van der Waals surface area contributed by atoms with Crippen molar-refractivity contribution in [3.63, 3.8) is 0 Å². The number of rotatable bonds is 6. The van der Waals surface area contributed by atoms with Crippen molar-refractivity contribution in [2.45, 2.75) is 31.7 Å². The number of aromatic amines is 1. The highest BCUT2D eigenvalue weighted by Crippen LogP contribution is 2.41. The molecule has 33 heavy (non-hydrogen) atoms. The van der Waals surface area contributed by atoms with E-state index in [-0.39, 0.29) is 5.56 Å². The van der Waals surface area contributed by atoms with Crippen molar-refractivity contribution in [1.82, 2.24) is 29.5 Å². The number of aryl methyl sites for hydroxylation is 1. The average Bonchev–Trinajstić information content (AvgIpc) is 3.59. The van der Waals surface area contributed by atoms with Crippen LogP contribution in [0.25, 0.3) is 44.5 Å². The minimum atomic E-state index is -0.0384. The number of nitrogens with one attached hydrogen (secondary N) is 1. The molecule has 1 aliphatic rings. The lowest BCUT2D eigenvalue weighted by atomic mass is 10.1. The molecule has 7 heteroatoms. The monoisotopic (exact) mass is 434 g/mol. The summed E-state index contributed by atoms with van der Waals surface area (Å²) in [5.41, 5.74) is 5.07. The summed E-state index contributed by atoms with van der Waals surface area (Å²) in [4.78, 5) is 34.8. The van der Waals surface area contributed by atoms with Gasteiger partial charge in [0.1, 0.15) is 5.52 Å². The molecule has 5 aromatic heterocycles. The third kappa shape index (κ3) is 3.42. The second-order valence-corrected chi connectivity index (χ2v) is 8.41. The third-order valence-electron chi connectivity index (χ3n) is 6.17. The second-order valence-electron chi connectivity index (χ2n) is 8.41. The Bertz CT molecular complexity index is 1570. The van der Waals surface area contributed by atoms with Crippen LogP contribution in [0.5, 0.6) is 0 Å². The molecule has 6 rings (SSSR count). The summed E-state index contributed by atoms with van der Waals surface area (Å²) in [6.45, 7) is 4.36. The summed E-state index contributed by atoms with van der Waals surface area (Å²) >= 11 is 0. The normalized spacial score (nSPS) is 13.6. The second kappa shape index (κ2) is 7.78. The first-order valence-corrected chi connectivity index (χ1v) is 11.1. The van der Waals surface area contributed by atoms with E-state index in [0.717, 1.165) is 51.6 Å². The van der Waals surface area contributed by atoms with E-state index in [1.54, 1.807) is 23.2 Å². The lowest BCUT2D eigenvalue weighted by Gasteiger charge is -2.13. The topological polar surface area (TPSA) is 89.3 Å². The van der Waals surface area contributed by atoms with E-state index in [0.29, 0.717) is 30.2 Å². The van der Waals surface area contributed by atoms with Gasteiger partial charge in [-0.15, -0.1) is 6.58 Å². The van der Waals surface area contributed by atoms with Gasteiger partial charge in [-0.25, -0.2) is 9.97 Å². The number of fused-ring (bicyclic) bond motifs is 2. The zero-order valence-electron chi connectivity index (χ0n) is 18.0. The molecule has 0 amide bonds. The van der Waals surface area contributed by atoms with Gasteiger partial charge in [0.2, 0.25) is 0 Å². The number of H-pyrrole nitrogens is 1. The van der Waals surface area contributed by atoms with Crippen LogP contribution in [-0.4, -0.2) is 29.5 Å². The fourth-order valence-corrected chi connectivity index (χ4v) is 4.30. The molecule has 0 unspecified atom stereocenters. The molecule has 0 spiro atoms. The summed E-state index contributed by atoms with van der Waals surface area (Å²) < 4.78 is 1.74. The van der Waals surface area contributed by atoms with Gasteiger partial charge >= 0.3 is 0 Å². The van der Waals surface area contributed by atoms with Gasteiger partial charge in [-0.1, -0.05) is 6.08 Å². The van der Waals surface area contributed by atoms with E-state index in [2.05, 4.69) is 27.6 Å². The van der Waals surface area contributed by atoms with Crippen LogP contribution in [0.4, 0.5) is 0 Å². The van der Waals surface area contributed by atoms with E-state index in [4.69, 9.17) is 9.97 Å². The quantitative estimate of drug-likeness (QED) is 0.386. The predicted molar refractivity (Wildman–Crippen MR) is 129 cm³/mol. The molecule has 0 atom stereocenters. The Balaban J connectivity index is 1.60. The molecule has 7 nitrogen and oxygen atoms in total. The Morgan fingerprint density at radius 2 is 2.03 bits per heavy atom. The number of allylic oxidation sites excluding steroid dienone is 1. The zero-order chi connectivity index (χ0) is 22.4. The molecule has 0 radical (unpaired) electrons. The molecular weight excluding hydrogens is 412 g/mol. The van der Waals surface area contributed by atoms with E-state index >= 15 is 0 Å². The standard InChI is InChI=1S/C26H22N6O/c1-2-3-12-32-15-20(17-6-11-29-24(17)26(32)33)23-13-22(16-4-5-16)30-25(31-23)18-7-10-28-21-8-9-27-14-19(18)21/h2,6-11,13-16,29H,1,3-5,12H2. The van der Waals surface area contributed by atoms with Crippen LogP contribution in [-0.2, 0) is 6.54 Å². The van der Waals surface area contributed by atoms with Crippen LogP contribution in [0.3, 0.4) is 0 Å². The van der Waals surface area contributed by atoms with Crippen molar-refractivity contribution >= 4 is 21.8 Å². The highest BCUT2D eigenvalue weighted by atomic mass is 16.1. The first kappa shape index (κ1) is 19.5. The van der Waals surface area contributed by atoms with Gasteiger partial charge in [0, 0.05) is 71.0 Å².